The van der Waals surface area contributed by atoms with Gasteiger partial charge < -0.3 is 11.5 Å². The monoisotopic (exact) mass is 267 g/mol. The second-order valence-electron chi connectivity index (χ2n) is 4.22. The van der Waals surface area contributed by atoms with Crippen LogP contribution in [-0.2, 0) is 0 Å². The molecular formula is C15H17N5. The van der Waals surface area contributed by atoms with Gasteiger partial charge in [0.15, 0.2) is 0 Å². The summed E-state index contributed by atoms with van der Waals surface area (Å²) in [4.78, 5) is 12.2. The van der Waals surface area contributed by atoms with Gasteiger partial charge in [-0.25, -0.2) is 9.97 Å². The van der Waals surface area contributed by atoms with Crippen molar-refractivity contribution in [3.8, 4) is 11.1 Å². The second-order valence-corrected chi connectivity index (χ2v) is 4.22. The first kappa shape index (κ1) is 13.7. The number of rotatable bonds is 4. The van der Waals surface area contributed by atoms with Gasteiger partial charge in [-0.3, -0.25) is 4.99 Å². The summed E-state index contributed by atoms with van der Waals surface area (Å²) in [5.41, 5.74) is 15.9. The smallest absolute Gasteiger partial charge is 0.115 e. The third kappa shape index (κ3) is 3.20. The van der Waals surface area contributed by atoms with Gasteiger partial charge in [-0.2, -0.15) is 0 Å². The van der Waals surface area contributed by atoms with Crippen LogP contribution in [0.5, 0.6) is 0 Å². The lowest BCUT2D eigenvalue weighted by molar-refractivity contribution is 1.14. The zero-order valence-electron chi connectivity index (χ0n) is 11.3. The molecule has 0 saturated carbocycles. The molecule has 5 heteroatoms. The molecule has 0 amide bonds. The van der Waals surface area contributed by atoms with E-state index in [0.717, 1.165) is 22.3 Å². The van der Waals surface area contributed by atoms with E-state index in [2.05, 4.69) is 15.0 Å². The van der Waals surface area contributed by atoms with E-state index in [0.29, 0.717) is 12.2 Å². The molecule has 0 aliphatic rings. The molecule has 0 saturated heterocycles. The molecule has 0 radical (unpaired) electrons. The molecule has 102 valence electrons. The minimum absolute atomic E-state index is 0.658. The first-order valence-electron chi connectivity index (χ1n) is 6.32. The highest BCUT2D eigenvalue weighted by Crippen LogP contribution is 2.25. The maximum absolute atomic E-state index is 5.96. The molecule has 0 unspecified atom stereocenters. The van der Waals surface area contributed by atoms with Gasteiger partial charge in [-0.1, -0.05) is 0 Å². The molecule has 2 rings (SSSR count). The highest BCUT2D eigenvalue weighted by atomic mass is 14.8. The molecule has 4 N–H and O–H groups in total. The standard InChI is InChI=1S/C15H17N5/c1-2-18-7-13(6-16)11-3-12(5-15(17)4-11)14-8-19-10-20-9-14/h3-10H,2,16-17H2,1H3/b13-6+,18-7?. The molecule has 0 atom stereocenters. The van der Waals surface area contributed by atoms with Crippen molar-refractivity contribution in [3.63, 3.8) is 0 Å². The van der Waals surface area contributed by atoms with Crippen LogP contribution in [0.3, 0.4) is 0 Å². The molecular weight excluding hydrogens is 250 g/mol. The van der Waals surface area contributed by atoms with Gasteiger partial charge in [0, 0.05) is 48.2 Å². The van der Waals surface area contributed by atoms with Crippen molar-refractivity contribution in [2.24, 2.45) is 10.7 Å². The maximum Gasteiger partial charge on any atom is 0.115 e. The molecule has 5 nitrogen and oxygen atoms in total. The van der Waals surface area contributed by atoms with E-state index >= 15 is 0 Å². The molecule has 1 aromatic heterocycles. The minimum atomic E-state index is 0.658. The Bertz CT molecular complexity index is 632. The Balaban J connectivity index is 2.46. The molecule has 1 aromatic carbocycles. The number of nitrogens with zero attached hydrogens (tertiary/aromatic N) is 3. The van der Waals surface area contributed by atoms with E-state index in [1.54, 1.807) is 18.6 Å². The van der Waals surface area contributed by atoms with Crippen LogP contribution in [0, 0.1) is 0 Å². The van der Waals surface area contributed by atoms with Crippen LogP contribution >= 0.6 is 0 Å². The lowest BCUT2D eigenvalue weighted by Crippen LogP contribution is -1.95. The summed E-state index contributed by atoms with van der Waals surface area (Å²) in [6.45, 7) is 2.68. The predicted octanol–water partition coefficient (Wildman–Crippen LogP) is 2.12. The first-order valence-corrected chi connectivity index (χ1v) is 6.32. The number of hydrogen-bond donors (Lipinski definition) is 2. The highest BCUT2D eigenvalue weighted by molar-refractivity contribution is 6.10. The second kappa shape index (κ2) is 6.47. The third-order valence-corrected chi connectivity index (χ3v) is 2.78. The van der Waals surface area contributed by atoms with Crippen LogP contribution in [-0.4, -0.2) is 22.7 Å². The number of nitrogen functional groups attached to an aromatic ring is 1. The molecule has 2 aromatic rings. The Labute approximate surface area is 118 Å². The summed E-state index contributed by atoms with van der Waals surface area (Å²) in [6.07, 6.45) is 8.27. The highest BCUT2D eigenvalue weighted by Gasteiger charge is 2.05. The molecule has 0 aliphatic carbocycles. The van der Waals surface area contributed by atoms with Gasteiger partial charge in [0.05, 0.1) is 0 Å². The number of anilines is 1. The Kier molecular flexibility index (Phi) is 4.44. The lowest BCUT2D eigenvalue weighted by Gasteiger charge is -2.07. The average Bonchev–Trinajstić information content (AvgIpc) is 2.48. The summed E-state index contributed by atoms with van der Waals surface area (Å²) in [5, 5.41) is 0. The zero-order valence-corrected chi connectivity index (χ0v) is 11.3. The molecule has 0 fully saturated rings. The van der Waals surface area contributed by atoms with Gasteiger partial charge >= 0.3 is 0 Å². The number of aromatic nitrogens is 2. The minimum Gasteiger partial charge on any atom is -0.404 e. The largest absolute Gasteiger partial charge is 0.404 e. The first-order chi connectivity index (χ1) is 9.74. The van der Waals surface area contributed by atoms with Gasteiger partial charge in [-0.15, -0.1) is 0 Å². The summed E-state index contributed by atoms with van der Waals surface area (Å²) in [7, 11) is 0. The fourth-order valence-corrected chi connectivity index (χ4v) is 1.84. The fourth-order valence-electron chi connectivity index (χ4n) is 1.84. The topological polar surface area (TPSA) is 90.2 Å². The third-order valence-electron chi connectivity index (χ3n) is 2.78. The Morgan fingerprint density at radius 1 is 1.20 bits per heavy atom. The van der Waals surface area contributed by atoms with Gasteiger partial charge in [0.2, 0.25) is 0 Å². The van der Waals surface area contributed by atoms with Gasteiger partial charge in [0.1, 0.15) is 6.33 Å². The number of hydrogen-bond acceptors (Lipinski definition) is 5. The normalized spacial score (nSPS) is 11.9. The van der Waals surface area contributed by atoms with Gasteiger partial charge in [0.25, 0.3) is 0 Å². The Morgan fingerprint density at radius 2 is 1.95 bits per heavy atom. The lowest BCUT2D eigenvalue weighted by atomic mass is 10.0. The number of benzene rings is 1. The van der Waals surface area contributed by atoms with Crippen molar-refractivity contribution in [2.75, 3.05) is 12.3 Å². The van der Waals surface area contributed by atoms with Crippen molar-refractivity contribution in [2.45, 2.75) is 6.92 Å². The van der Waals surface area contributed by atoms with E-state index in [9.17, 15) is 0 Å². The van der Waals surface area contributed by atoms with Gasteiger partial charge in [-0.05, 0) is 36.2 Å². The molecule has 0 bridgehead atoms. The Hall–Kier alpha value is -2.69. The quantitative estimate of drug-likeness (QED) is 0.655. The number of nitrogens with two attached hydrogens (primary N) is 2. The van der Waals surface area contributed by atoms with Crippen molar-refractivity contribution in [1.82, 2.24) is 9.97 Å². The predicted molar refractivity (Wildman–Crippen MR) is 83.1 cm³/mol. The van der Waals surface area contributed by atoms with E-state index in [4.69, 9.17) is 11.5 Å². The van der Waals surface area contributed by atoms with Crippen LogP contribution in [0.15, 0.2) is 48.1 Å². The molecule has 0 aliphatic heterocycles. The Morgan fingerprint density at radius 3 is 2.60 bits per heavy atom. The van der Waals surface area contributed by atoms with Crippen LogP contribution in [0.2, 0.25) is 0 Å². The van der Waals surface area contributed by atoms with E-state index < -0.39 is 0 Å². The van der Waals surface area contributed by atoms with Crippen molar-refractivity contribution in [3.05, 3.63) is 48.7 Å². The number of allylic oxidation sites excluding steroid dienone is 1. The van der Waals surface area contributed by atoms with Crippen LogP contribution in [0.4, 0.5) is 5.69 Å². The van der Waals surface area contributed by atoms with Crippen LogP contribution in [0.25, 0.3) is 16.7 Å². The summed E-state index contributed by atoms with van der Waals surface area (Å²) in [5.74, 6) is 0. The van der Waals surface area contributed by atoms with Crippen molar-refractivity contribution in [1.29, 1.82) is 0 Å². The molecule has 20 heavy (non-hydrogen) atoms. The van der Waals surface area contributed by atoms with E-state index in [1.807, 2.05) is 25.1 Å². The molecule has 1 heterocycles. The zero-order chi connectivity index (χ0) is 14.4. The fraction of sp³-hybridized carbons (Fsp3) is 0.133. The van der Waals surface area contributed by atoms with E-state index in [-0.39, 0.29) is 0 Å². The SMILES string of the molecule is CCN=C/C(=C\N)c1cc(N)cc(-c2cncnc2)c1. The summed E-state index contributed by atoms with van der Waals surface area (Å²) < 4.78 is 0. The van der Waals surface area contributed by atoms with E-state index in [1.165, 1.54) is 12.5 Å². The average molecular weight is 267 g/mol. The van der Waals surface area contributed by atoms with Crippen LogP contribution in [0.1, 0.15) is 12.5 Å². The maximum atomic E-state index is 5.96. The molecule has 0 spiro atoms. The summed E-state index contributed by atoms with van der Waals surface area (Å²) in [6, 6.07) is 5.75. The van der Waals surface area contributed by atoms with Crippen molar-refractivity contribution < 1.29 is 0 Å². The number of aliphatic imine (C=N–C) groups is 1. The van der Waals surface area contributed by atoms with Crippen molar-refractivity contribution >= 4 is 17.5 Å². The summed E-state index contributed by atoms with van der Waals surface area (Å²) >= 11 is 0. The van der Waals surface area contributed by atoms with Crippen LogP contribution < -0.4 is 11.5 Å².